The van der Waals surface area contributed by atoms with E-state index in [-0.39, 0.29) is 25.0 Å². The fourth-order valence-corrected chi connectivity index (χ4v) is 3.16. The lowest BCUT2D eigenvalue weighted by Gasteiger charge is -2.27. The molecule has 1 atom stereocenters. The van der Waals surface area contributed by atoms with E-state index in [0.717, 1.165) is 0 Å². The van der Waals surface area contributed by atoms with E-state index in [0.29, 0.717) is 29.5 Å². The van der Waals surface area contributed by atoms with Crippen molar-refractivity contribution in [3.05, 3.63) is 48.5 Å². The second-order valence-corrected chi connectivity index (χ2v) is 6.74. The molecule has 2 amide bonds. The summed E-state index contributed by atoms with van der Waals surface area (Å²) in [5, 5.41) is 2.78. The Kier molecular flexibility index (Phi) is 6.90. The highest BCUT2D eigenvalue weighted by Crippen LogP contribution is 2.31. The number of carbonyl (C=O) groups excluding carboxylic acids is 3. The van der Waals surface area contributed by atoms with Gasteiger partial charge >= 0.3 is 5.97 Å². The van der Waals surface area contributed by atoms with Gasteiger partial charge in [0.2, 0.25) is 5.91 Å². The largest absolute Gasteiger partial charge is 0.494 e. The number of ether oxygens (including phenoxy) is 3. The van der Waals surface area contributed by atoms with Gasteiger partial charge in [0.1, 0.15) is 11.5 Å². The summed E-state index contributed by atoms with van der Waals surface area (Å²) in [6, 6.07) is 13.5. The molecule has 0 spiro atoms. The minimum Gasteiger partial charge on any atom is -0.494 e. The smallest absolute Gasteiger partial charge is 0.344 e. The molecule has 158 valence electrons. The number of para-hydroxylation sites is 2. The summed E-state index contributed by atoms with van der Waals surface area (Å²) in [6.45, 7) is 3.45. The molecule has 1 heterocycles. The molecule has 1 aliphatic rings. The zero-order valence-electron chi connectivity index (χ0n) is 16.9. The van der Waals surface area contributed by atoms with Crippen molar-refractivity contribution in [3.63, 3.8) is 0 Å². The fourth-order valence-electron chi connectivity index (χ4n) is 3.16. The van der Waals surface area contributed by atoms with Crippen LogP contribution in [0.25, 0.3) is 0 Å². The van der Waals surface area contributed by atoms with E-state index in [9.17, 15) is 14.4 Å². The van der Waals surface area contributed by atoms with Gasteiger partial charge in [0.15, 0.2) is 13.2 Å². The van der Waals surface area contributed by atoms with Crippen molar-refractivity contribution >= 4 is 29.2 Å². The van der Waals surface area contributed by atoms with Crippen LogP contribution in [0.3, 0.4) is 0 Å². The second-order valence-electron chi connectivity index (χ2n) is 6.74. The first kappa shape index (κ1) is 21.2. The van der Waals surface area contributed by atoms with Crippen LogP contribution in [-0.4, -0.2) is 43.6 Å². The molecule has 0 aromatic heterocycles. The van der Waals surface area contributed by atoms with Crippen molar-refractivity contribution in [2.24, 2.45) is 0 Å². The predicted molar refractivity (Wildman–Crippen MR) is 111 cm³/mol. The Morgan fingerprint density at radius 1 is 1.03 bits per heavy atom. The molecule has 2 aromatic carbocycles. The van der Waals surface area contributed by atoms with E-state index >= 15 is 0 Å². The predicted octanol–water partition coefficient (Wildman–Crippen LogP) is 2.77. The zero-order valence-corrected chi connectivity index (χ0v) is 16.9. The Morgan fingerprint density at radius 3 is 2.40 bits per heavy atom. The quantitative estimate of drug-likeness (QED) is 0.703. The van der Waals surface area contributed by atoms with E-state index in [2.05, 4.69) is 5.32 Å². The lowest BCUT2D eigenvalue weighted by Crippen LogP contribution is -2.41. The first-order valence-corrected chi connectivity index (χ1v) is 9.70. The van der Waals surface area contributed by atoms with Gasteiger partial charge in [0.25, 0.3) is 5.91 Å². The third-order valence-corrected chi connectivity index (χ3v) is 4.48. The molecule has 30 heavy (non-hydrogen) atoms. The van der Waals surface area contributed by atoms with Gasteiger partial charge in [-0.15, -0.1) is 0 Å². The Morgan fingerprint density at radius 2 is 1.70 bits per heavy atom. The van der Waals surface area contributed by atoms with E-state index in [4.69, 9.17) is 14.2 Å². The minimum atomic E-state index is -0.665. The van der Waals surface area contributed by atoms with Crippen LogP contribution in [0.1, 0.15) is 20.3 Å². The highest BCUT2D eigenvalue weighted by molar-refractivity contribution is 6.05. The molecule has 0 fully saturated rings. The van der Waals surface area contributed by atoms with E-state index in [1.165, 1.54) is 4.90 Å². The number of carbonyl (C=O) groups is 3. The van der Waals surface area contributed by atoms with Gasteiger partial charge in [-0.05, 0) is 50.2 Å². The molecule has 8 nitrogen and oxygen atoms in total. The second kappa shape index (κ2) is 9.78. The standard InChI is InChI=1S/C22H24N2O6/c1-3-28-16-8-10-17(11-9-16)29-14-22(27)30-13-21(26)24-15(2)12-20(25)23-18-6-4-5-7-19(18)24/h4-11,15H,3,12-14H2,1-2H3,(H,23,25)/t15-/m1/s1. The summed E-state index contributed by atoms with van der Waals surface area (Å²) in [7, 11) is 0. The molecular weight excluding hydrogens is 388 g/mol. The number of nitrogens with zero attached hydrogens (tertiary/aromatic N) is 1. The van der Waals surface area contributed by atoms with Crippen LogP contribution in [0.4, 0.5) is 11.4 Å². The van der Waals surface area contributed by atoms with Crippen molar-refractivity contribution < 1.29 is 28.6 Å². The Bertz CT molecular complexity index is 912. The van der Waals surface area contributed by atoms with Gasteiger partial charge in [-0.25, -0.2) is 4.79 Å². The third-order valence-electron chi connectivity index (χ3n) is 4.48. The lowest BCUT2D eigenvalue weighted by molar-refractivity contribution is -0.149. The van der Waals surface area contributed by atoms with Crippen LogP contribution in [0, 0.1) is 0 Å². The van der Waals surface area contributed by atoms with Crippen LogP contribution >= 0.6 is 0 Å². The van der Waals surface area contributed by atoms with E-state index in [1.807, 2.05) is 6.92 Å². The van der Waals surface area contributed by atoms with Gasteiger partial charge in [-0.1, -0.05) is 12.1 Å². The number of anilines is 2. The average molecular weight is 412 g/mol. The number of amides is 2. The number of benzene rings is 2. The maximum absolute atomic E-state index is 12.8. The molecule has 0 unspecified atom stereocenters. The van der Waals surface area contributed by atoms with Crippen LogP contribution < -0.4 is 19.7 Å². The fraction of sp³-hybridized carbons (Fsp3) is 0.318. The van der Waals surface area contributed by atoms with Crippen LogP contribution in [-0.2, 0) is 19.1 Å². The van der Waals surface area contributed by atoms with Crippen molar-refractivity contribution in [1.82, 2.24) is 0 Å². The van der Waals surface area contributed by atoms with Crippen molar-refractivity contribution in [2.45, 2.75) is 26.3 Å². The molecule has 0 saturated heterocycles. The molecule has 1 N–H and O–H groups in total. The van der Waals surface area contributed by atoms with Crippen molar-refractivity contribution in [1.29, 1.82) is 0 Å². The maximum atomic E-state index is 12.8. The average Bonchev–Trinajstić information content (AvgIpc) is 2.86. The topological polar surface area (TPSA) is 94.2 Å². The Labute approximate surface area is 174 Å². The summed E-state index contributed by atoms with van der Waals surface area (Å²) < 4.78 is 15.8. The minimum absolute atomic E-state index is 0.148. The van der Waals surface area contributed by atoms with Gasteiger partial charge in [-0.3, -0.25) is 9.59 Å². The highest BCUT2D eigenvalue weighted by atomic mass is 16.6. The number of fused-ring (bicyclic) bond motifs is 1. The zero-order chi connectivity index (χ0) is 21.5. The van der Waals surface area contributed by atoms with Crippen LogP contribution in [0.5, 0.6) is 11.5 Å². The van der Waals surface area contributed by atoms with Crippen molar-refractivity contribution in [3.8, 4) is 11.5 Å². The number of rotatable bonds is 7. The van der Waals surface area contributed by atoms with Crippen molar-refractivity contribution in [2.75, 3.05) is 30.0 Å². The summed E-state index contributed by atoms with van der Waals surface area (Å²) in [5.74, 6) is -0.0618. The van der Waals surface area contributed by atoms with E-state index in [1.54, 1.807) is 55.5 Å². The summed E-state index contributed by atoms with van der Waals surface area (Å²) in [5.41, 5.74) is 1.12. The summed E-state index contributed by atoms with van der Waals surface area (Å²) >= 11 is 0. The summed E-state index contributed by atoms with van der Waals surface area (Å²) in [4.78, 5) is 38.3. The van der Waals surface area contributed by atoms with Gasteiger partial charge < -0.3 is 24.4 Å². The molecule has 0 saturated carbocycles. The normalized spacial score (nSPS) is 15.5. The molecule has 3 rings (SSSR count). The van der Waals surface area contributed by atoms with E-state index < -0.39 is 18.5 Å². The monoisotopic (exact) mass is 412 g/mol. The molecule has 1 aliphatic heterocycles. The molecule has 0 bridgehead atoms. The van der Waals surface area contributed by atoms with Crippen LogP contribution in [0.2, 0.25) is 0 Å². The number of hydrogen-bond donors (Lipinski definition) is 1. The number of hydrogen-bond acceptors (Lipinski definition) is 6. The maximum Gasteiger partial charge on any atom is 0.344 e. The molecule has 0 aliphatic carbocycles. The molecule has 0 radical (unpaired) electrons. The SMILES string of the molecule is CCOc1ccc(OCC(=O)OCC(=O)N2c3ccccc3NC(=O)C[C@H]2C)cc1. The molecule has 8 heteroatoms. The first-order valence-electron chi connectivity index (χ1n) is 9.70. The first-order chi connectivity index (χ1) is 14.5. The summed E-state index contributed by atoms with van der Waals surface area (Å²) in [6.07, 6.45) is 0.148. The third kappa shape index (κ3) is 5.28. The molecule has 2 aromatic rings. The number of nitrogens with one attached hydrogen (secondary N) is 1. The van der Waals surface area contributed by atoms with Crippen LogP contribution in [0.15, 0.2) is 48.5 Å². The number of esters is 1. The van der Waals surface area contributed by atoms with Gasteiger partial charge in [0.05, 0.1) is 18.0 Å². The highest BCUT2D eigenvalue weighted by Gasteiger charge is 2.30. The Balaban J connectivity index is 1.55. The van der Waals surface area contributed by atoms with Gasteiger partial charge in [-0.2, -0.15) is 0 Å². The van der Waals surface area contributed by atoms with Gasteiger partial charge in [0, 0.05) is 12.5 Å². The molecular formula is C22H24N2O6. The Hall–Kier alpha value is -3.55. The lowest BCUT2D eigenvalue weighted by atomic mass is 10.1.